The second kappa shape index (κ2) is 7.07. The van der Waals surface area contributed by atoms with E-state index in [4.69, 9.17) is 4.52 Å². The maximum absolute atomic E-state index is 13.0. The van der Waals surface area contributed by atoms with Gasteiger partial charge in [0.1, 0.15) is 11.5 Å². The fraction of sp³-hybridized carbons (Fsp3) is 0.143. The van der Waals surface area contributed by atoms with Crippen LogP contribution in [0.2, 0.25) is 0 Å². The minimum atomic E-state index is -0.306. The van der Waals surface area contributed by atoms with Crippen molar-refractivity contribution in [2.45, 2.75) is 13.0 Å². The Kier molecular flexibility index (Phi) is 4.46. The van der Waals surface area contributed by atoms with E-state index in [2.05, 4.69) is 10.5 Å². The molecule has 0 radical (unpaired) electrons. The van der Waals surface area contributed by atoms with Crippen molar-refractivity contribution in [3.05, 3.63) is 77.9 Å². The van der Waals surface area contributed by atoms with E-state index in [0.717, 1.165) is 22.0 Å². The number of carbonyl (C=O) groups is 1. The number of hydrogen-bond acceptors (Lipinski definition) is 3. The van der Waals surface area contributed by atoms with Crippen molar-refractivity contribution >= 4 is 16.8 Å². The molecule has 0 aliphatic carbocycles. The van der Waals surface area contributed by atoms with Crippen LogP contribution in [-0.2, 0) is 24.8 Å². The van der Waals surface area contributed by atoms with Gasteiger partial charge in [-0.1, -0.05) is 23.4 Å². The highest BCUT2D eigenvalue weighted by molar-refractivity contribution is 5.89. The molecular formula is C21H18FN3O2. The normalized spacial score (nSPS) is 11.0. The van der Waals surface area contributed by atoms with Crippen LogP contribution in [0.3, 0.4) is 0 Å². The molecule has 4 aromatic rings. The van der Waals surface area contributed by atoms with Gasteiger partial charge in [-0.25, -0.2) is 4.39 Å². The standard InChI is InChI=1S/C21H18FN3O2/c1-25-13-15(18-4-2-3-5-19(18)25)10-21(26)23-12-17-11-20(27-24-17)14-6-8-16(22)9-7-14/h2-9,11,13H,10,12H2,1H3,(H,23,26). The summed E-state index contributed by atoms with van der Waals surface area (Å²) < 4.78 is 20.3. The van der Waals surface area contributed by atoms with Crippen molar-refractivity contribution in [3.63, 3.8) is 0 Å². The third-order valence-corrected chi connectivity index (χ3v) is 4.48. The molecule has 2 aromatic carbocycles. The van der Waals surface area contributed by atoms with Crippen molar-refractivity contribution in [2.24, 2.45) is 7.05 Å². The Bertz CT molecular complexity index is 1100. The van der Waals surface area contributed by atoms with Gasteiger partial charge in [-0.05, 0) is 35.9 Å². The fourth-order valence-corrected chi connectivity index (χ4v) is 3.14. The Hall–Kier alpha value is -3.41. The van der Waals surface area contributed by atoms with Crippen LogP contribution >= 0.6 is 0 Å². The van der Waals surface area contributed by atoms with Gasteiger partial charge in [0.2, 0.25) is 5.91 Å². The van der Waals surface area contributed by atoms with Crippen molar-refractivity contribution < 1.29 is 13.7 Å². The summed E-state index contributed by atoms with van der Waals surface area (Å²) in [5.41, 5.74) is 3.43. The first-order valence-electron chi connectivity index (χ1n) is 8.61. The van der Waals surface area contributed by atoms with Crippen LogP contribution in [0.4, 0.5) is 4.39 Å². The van der Waals surface area contributed by atoms with E-state index in [0.29, 0.717) is 17.9 Å². The predicted octanol–water partition coefficient (Wildman–Crippen LogP) is 3.83. The van der Waals surface area contributed by atoms with Gasteiger partial charge in [0.15, 0.2) is 5.76 Å². The summed E-state index contributed by atoms with van der Waals surface area (Å²) in [5.74, 6) is 0.144. The lowest BCUT2D eigenvalue weighted by atomic mass is 10.1. The Morgan fingerprint density at radius 3 is 2.78 bits per heavy atom. The number of fused-ring (bicyclic) bond motifs is 1. The van der Waals surface area contributed by atoms with Crippen LogP contribution in [0, 0.1) is 5.82 Å². The lowest BCUT2D eigenvalue weighted by Gasteiger charge is -2.02. The molecule has 0 saturated heterocycles. The molecule has 0 unspecified atom stereocenters. The van der Waals surface area contributed by atoms with E-state index < -0.39 is 0 Å². The number of rotatable bonds is 5. The van der Waals surface area contributed by atoms with E-state index in [1.54, 1.807) is 18.2 Å². The summed E-state index contributed by atoms with van der Waals surface area (Å²) in [6, 6.07) is 15.7. The van der Waals surface area contributed by atoms with Gasteiger partial charge >= 0.3 is 0 Å². The van der Waals surface area contributed by atoms with Gasteiger partial charge in [-0.15, -0.1) is 0 Å². The van der Waals surface area contributed by atoms with Gasteiger partial charge < -0.3 is 14.4 Å². The number of hydrogen-bond donors (Lipinski definition) is 1. The number of aryl methyl sites for hydroxylation is 1. The van der Waals surface area contributed by atoms with E-state index >= 15 is 0 Å². The topological polar surface area (TPSA) is 60.1 Å². The molecule has 0 aliphatic heterocycles. The van der Waals surface area contributed by atoms with Crippen LogP contribution in [0.25, 0.3) is 22.2 Å². The third-order valence-electron chi connectivity index (χ3n) is 4.48. The fourth-order valence-electron chi connectivity index (χ4n) is 3.14. The second-order valence-corrected chi connectivity index (χ2v) is 6.43. The third kappa shape index (κ3) is 3.60. The molecule has 2 aromatic heterocycles. The Morgan fingerprint density at radius 2 is 1.96 bits per heavy atom. The van der Waals surface area contributed by atoms with Crippen LogP contribution in [0.1, 0.15) is 11.3 Å². The molecule has 4 rings (SSSR count). The lowest BCUT2D eigenvalue weighted by molar-refractivity contribution is -0.120. The number of para-hydroxylation sites is 1. The van der Waals surface area contributed by atoms with Gasteiger partial charge in [-0.2, -0.15) is 0 Å². The van der Waals surface area contributed by atoms with Crippen LogP contribution in [-0.4, -0.2) is 15.6 Å². The Morgan fingerprint density at radius 1 is 1.19 bits per heavy atom. The lowest BCUT2D eigenvalue weighted by Crippen LogP contribution is -2.24. The average molecular weight is 363 g/mol. The molecule has 27 heavy (non-hydrogen) atoms. The Balaban J connectivity index is 1.40. The number of amides is 1. The minimum Gasteiger partial charge on any atom is -0.356 e. The van der Waals surface area contributed by atoms with E-state index in [-0.39, 0.29) is 18.3 Å². The zero-order valence-electron chi connectivity index (χ0n) is 14.8. The predicted molar refractivity (Wildman–Crippen MR) is 100 cm³/mol. The van der Waals surface area contributed by atoms with Gasteiger partial charge in [0.25, 0.3) is 0 Å². The smallest absolute Gasteiger partial charge is 0.224 e. The molecule has 0 fully saturated rings. The highest BCUT2D eigenvalue weighted by Crippen LogP contribution is 2.22. The quantitative estimate of drug-likeness (QED) is 0.586. The summed E-state index contributed by atoms with van der Waals surface area (Å²) in [5, 5.41) is 7.90. The van der Waals surface area contributed by atoms with Crippen LogP contribution in [0.15, 0.2) is 65.3 Å². The Labute approximate surface area is 155 Å². The first-order chi connectivity index (χ1) is 13.1. The van der Waals surface area contributed by atoms with Crippen molar-refractivity contribution in [1.29, 1.82) is 0 Å². The highest BCUT2D eigenvalue weighted by atomic mass is 19.1. The molecule has 6 heteroatoms. The molecule has 0 atom stereocenters. The zero-order valence-corrected chi connectivity index (χ0v) is 14.8. The largest absolute Gasteiger partial charge is 0.356 e. The summed E-state index contributed by atoms with van der Waals surface area (Å²) in [7, 11) is 1.97. The molecule has 0 saturated carbocycles. The number of carbonyl (C=O) groups excluding carboxylic acids is 1. The molecule has 5 nitrogen and oxygen atoms in total. The summed E-state index contributed by atoms with van der Waals surface area (Å²) in [6.45, 7) is 0.272. The molecule has 1 amide bonds. The van der Waals surface area contributed by atoms with E-state index in [9.17, 15) is 9.18 Å². The molecular weight excluding hydrogens is 345 g/mol. The molecule has 2 heterocycles. The molecule has 0 bridgehead atoms. The average Bonchev–Trinajstić information content (AvgIpc) is 3.26. The highest BCUT2D eigenvalue weighted by Gasteiger charge is 2.12. The van der Waals surface area contributed by atoms with E-state index in [1.807, 2.05) is 42.1 Å². The van der Waals surface area contributed by atoms with Gasteiger partial charge in [0, 0.05) is 35.8 Å². The monoisotopic (exact) mass is 363 g/mol. The van der Waals surface area contributed by atoms with Crippen molar-refractivity contribution in [2.75, 3.05) is 0 Å². The van der Waals surface area contributed by atoms with Gasteiger partial charge in [-0.3, -0.25) is 4.79 Å². The first-order valence-corrected chi connectivity index (χ1v) is 8.61. The molecule has 0 aliphatic rings. The van der Waals surface area contributed by atoms with Crippen molar-refractivity contribution in [1.82, 2.24) is 15.0 Å². The maximum Gasteiger partial charge on any atom is 0.224 e. The molecule has 0 spiro atoms. The number of aromatic nitrogens is 2. The number of benzene rings is 2. The first kappa shape index (κ1) is 17.0. The molecule has 1 N–H and O–H groups in total. The summed E-state index contributed by atoms with van der Waals surface area (Å²) in [4.78, 5) is 12.3. The second-order valence-electron chi connectivity index (χ2n) is 6.43. The summed E-state index contributed by atoms with van der Waals surface area (Å²) in [6.07, 6.45) is 2.27. The zero-order chi connectivity index (χ0) is 18.8. The summed E-state index contributed by atoms with van der Waals surface area (Å²) >= 11 is 0. The maximum atomic E-state index is 13.0. The van der Waals surface area contributed by atoms with E-state index in [1.165, 1.54) is 12.1 Å². The SMILES string of the molecule is Cn1cc(CC(=O)NCc2cc(-c3ccc(F)cc3)on2)c2ccccc21. The number of halogens is 1. The number of nitrogens with zero attached hydrogens (tertiary/aromatic N) is 2. The van der Waals surface area contributed by atoms with Crippen LogP contribution in [0.5, 0.6) is 0 Å². The van der Waals surface area contributed by atoms with Crippen LogP contribution < -0.4 is 5.32 Å². The minimum absolute atomic E-state index is 0.0855. The van der Waals surface area contributed by atoms with Gasteiger partial charge in [0.05, 0.1) is 13.0 Å². The number of nitrogens with one attached hydrogen (secondary N) is 1. The van der Waals surface area contributed by atoms with Crippen molar-refractivity contribution in [3.8, 4) is 11.3 Å². The molecule has 136 valence electrons.